The average molecular weight is 354 g/mol. The summed E-state index contributed by atoms with van der Waals surface area (Å²) in [4.78, 5) is 16.9. The van der Waals surface area contributed by atoms with E-state index in [4.69, 9.17) is 10.5 Å². The van der Waals surface area contributed by atoms with Gasteiger partial charge in [0.05, 0.1) is 18.0 Å². The summed E-state index contributed by atoms with van der Waals surface area (Å²) in [5.74, 6) is -0.0620. The molecule has 3 rings (SSSR count). The van der Waals surface area contributed by atoms with Gasteiger partial charge in [0, 0.05) is 17.9 Å². The Kier molecular flexibility index (Phi) is 3.58. The summed E-state index contributed by atoms with van der Waals surface area (Å²) >= 11 is 3.27. The van der Waals surface area contributed by atoms with Gasteiger partial charge in [-0.1, -0.05) is 13.8 Å². The fraction of sp³-hybridized carbons (Fsp3) is 0.600. The fourth-order valence-corrected chi connectivity index (χ4v) is 3.96. The average Bonchev–Trinajstić information content (AvgIpc) is 2.48. The van der Waals surface area contributed by atoms with Crippen LogP contribution < -0.4 is 11.1 Å². The van der Waals surface area contributed by atoms with Crippen LogP contribution in [0.3, 0.4) is 0 Å². The molecule has 2 heterocycles. The first kappa shape index (κ1) is 14.9. The van der Waals surface area contributed by atoms with Crippen molar-refractivity contribution in [1.29, 1.82) is 0 Å². The van der Waals surface area contributed by atoms with E-state index >= 15 is 0 Å². The highest BCUT2D eigenvalue weighted by molar-refractivity contribution is 9.10. The lowest BCUT2D eigenvalue weighted by molar-refractivity contribution is -0.222. The van der Waals surface area contributed by atoms with E-state index in [9.17, 15) is 4.79 Å². The zero-order valence-corrected chi connectivity index (χ0v) is 13.8. The summed E-state index contributed by atoms with van der Waals surface area (Å²) in [5.41, 5.74) is 5.92. The molecule has 3 atom stereocenters. The third kappa shape index (κ3) is 2.12. The van der Waals surface area contributed by atoms with Gasteiger partial charge < -0.3 is 15.8 Å². The van der Waals surface area contributed by atoms with Crippen LogP contribution in [0.5, 0.6) is 0 Å². The number of halogens is 1. The second-order valence-corrected chi connectivity index (χ2v) is 7.27. The smallest absolute Gasteiger partial charge is 0.245 e. The first-order chi connectivity index (χ1) is 9.87. The molecule has 1 aromatic rings. The van der Waals surface area contributed by atoms with Gasteiger partial charge in [-0.25, -0.2) is 4.98 Å². The highest BCUT2D eigenvalue weighted by Gasteiger charge is 2.70. The highest BCUT2D eigenvalue weighted by Crippen LogP contribution is 2.57. The molecule has 1 aromatic heterocycles. The number of anilines is 1. The Bertz CT molecular complexity index is 561. The Morgan fingerprint density at radius 1 is 1.52 bits per heavy atom. The number of nitrogens with one attached hydrogen (secondary N) is 1. The maximum absolute atomic E-state index is 12.7. The Labute approximate surface area is 132 Å². The largest absolute Gasteiger partial charge is 0.377 e. The SMILES string of the molecule is CC1(C)C2OCCCC2C1(N)C(=O)Nc1ccc(Br)nc1. The van der Waals surface area contributed by atoms with Crippen LogP contribution in [0, 0.1) is 11.3 Å². The topological polar surface area (TPSA) is 77.2 Å². The number of carbonyl (C=O) groups excluding carboxylic acids is 1. The number of amides is 1. The predicted molar refractivity (Wildman–Crippen MR) is 83.7 cm³/mol. The minimum atomic E-state index is -0.898. The molecule has 5 nitrogen and oxygen atoms in total. The molecule has 3 N–H and O–H groups in total. The number of carbonyl (C=O) groups is 1. The molecule has 1 saturated carbocycles. The van der Waals surface area contributed by atoms with Crippen LogP contribution in [0.25, 0.3) is 0 Å². The van der Waals surface area contributed by atoms with Crippen LogP contribution in [0.4, 0.5) is 5.69 Å². The lowest BCUT2D eigenvalue weighted by Crippen LogP contribution is -2.81. The van der Waals surface area contributed by atoms with Gasteiger partial charge >= 0.3 is 0 Å². The summed E-state index contributed by atoms with van der Waals surface area (Å²) < 4.78 is 6.55. The Morgan fingerprint density at radius 3 is 2.95 bits per heavy atom. The quantitative estimate of drug-likeness (QED) is 0.799. The molecule has 114 valence electrons. The number of aromatic nitrogens is 1. The Morgan fingerprint density at radius 2 is 2.29 bits per heavy atom. The number of nitrogens with zero attached hydrogens (tertiary/aromatic N) is 1. The second-order valence-electron chi connectivity index (χ2n) is 6.45. The maximum atomic E-state index is 12.7. The van der Waals surface area contributed by atoms with E-state index in [1.165, 1.54) is 0 Å². The summed E-state index contributed by atoms with van der Waals surface area (Å²) in [5, 5.41) is 2.90. The van der Waals surface area contributed by atoms with Gasteiger partial charge in [-0.05, 0) is 40.9 Å². The molecule has 1 aliphatic carbocycles. The minimum absolute atomic E-state index is 0.0741. The van der Waals surface area contributed by atoms with Crippen molar-refractivity contribution in [3.63, 3.8) is 0 Å². The molecule has 6 heteroatoms. The van der Waals surface area contributed by atoms with Crippen LogP contribution in [0.1, 0.15) is 26.7 Å². The lowest BCUT2D eigenvalue weighted by Gasteiger charge is -2.65. The predicted octanol–water partition coefficient (Wildman–Crippen LogP) is 2.32. The molecule has 1 aliphatic heterocycles. The van der Waals surface area contributed by atoms with Gasteiger partial charge in [0.2, 0.25) is 5.91 Å². The first-order valence-electron chi connectivity index (χ1n) is 7.21. The minimum Gasteiger partial charge on any atom is -0.377 e. The molecule has 2 aliphatic rings. The van der Waals surface area contributed by atoms with Crippen molar-refractivity contribution < 1.29 is 9.53 Å². The van der Waals surface area contributed by atoms with Crippen molar-refractivity contribution in [3.8, 4) is 0 Å². The monoisotopic (exact) mass is 353 g/mol. The van der Waals surface area contributed by atoms with Gasteiger partial charge in [0.1, 0.15) is 10.1 Å². The molecular weight excluding hydrogens is 334 g/mol. The van der Waals surface area contributed by atoms with Crippen LogP contribution in [0.2, 0.25) is 0 Å². The third-order valence-corrected chi connectivity index (χ3v) is 5.51. The molecule has 21 heavy (non-hydrogen) atoms. The first-order valence-corrected chi connectivity index (χ1v) is 8.00. The molecule has 2 fully saturated rings. The Balaban J connectivity index is 1.81. The number of pyridine rings is 1. The number of ether oxygens (including phenoxy) is 1. The number of fused-ring (bicyclic) bond motifs is 1. The molecule has 0 bridgehead atoms. The normalized spacial score (nSPS) is 33.7. The summed E-state index contributed by atoms with van der Waals surface area (Å²) in [6, 6.07) is 3.59. The van der Waals surface area contributed by atoms with E-state index in [1.807, 2.05) is 13.8 Å². The zero-order chi connectivity index (χ0) is 15.3. The number of rotatable bonds is 2. The number of nitrogens with two attached hydrogens (primary N) is 1. The van der Waals surface area contributed by atoms with E-state index in [0.717, 1.165) is 24.1 Å². The second kappa shape index (κ2) is 5.04. The Hall–Kier alpha value is -0.980. The van der Waals surface area contributed by atoms with Crippen LogP contribution in [-0.2, 0) is 9.53 Å². The molecule has 0 radical (unpaired) electrons. The maximum Gasteiger partial charge on any atom is 0.245 e. The third-order valence-electron chi connectivity index (χ3n) is 5.05. The van der Waals surface area contributed by atoms with E-state index < -0.39 is 5.54 Å². The van der Waals surface area contributed by atoms with Gasteiger partial charge in [-0.15, -0.1) is 0 Å². The van der Waals surface area contributed by atoms with Crippen molar-refractivity contribution >= 4 is 27.5 Å². The lowest BCUT2D eigenvalue weighted by atomic mass is 9.46. The van der Waals surface area contributed by atoms with Crippen molar-refractivity contribution in [1.82, 2.24) is 4.98 Å². The molecule has 1 saturated heterocycles. The standard InChI is InChI=1S/C15H20BrN3O2/c1-14(2)12-10(4-3-7-21-12)15(14,17)13(20)19-9-5-6-11(16)18-8-9/h5-6,8,10,12H,3-4,7,17H2,1-2H3,(H,19,20). The molecule has 0 aromatic carbocycles. The summed E-state index contributed by atoms with van der Waals surface area (Å²) in [6.07, 6.45) is 3.59. The van der Waals surface area contributed by atoms with Crippen molar-refractivity contribution in [3.05, 3.63) is 22.9 Å². The van der Waals surface area contributed by atoms with E-state index in [-0.39, 0.29) is 23.3 Å². The highest BCUT2D eigenvalue weighted by atomic mass is 79.9. The van der Waals surface area contributed by atoms with Crippen molar-refractivity contribution in [2.24, 2.45) is 17.1 Å². The van der Waals surface area contributed by atoms with E-state index in [0.29, 0.717) is 5.69 Å². The molecular formula is C15H20BrN3O2. The van der Waals surface area contributed by atoms with Crippen LogP contribution in [0.15, 0.2) is 22.9 Å². The summed E-state index contributed by atoms with van der Waals surface area (Å²) in [6.45, 7) is 4.79. The zero-order valence-electron chi connectivity index (χ0n) is 12.2. The van der Waals surface area contributed by atoms with Crippen molar-refractivity contribution in [2.45, 2.75) is 38.3 Å². The van der Waals surface area contributed by atoms with Gasteiger partial charge in [-0.3, -0.25) is 4.79 Å². The van der Waals surface area contributed by atoms with E-state index in [2.05, 4.69) is 26.2 Å². The fourth-order valence-electron chi connectivity index (χ4n) is 3.72. The number of hydrogen-bond donors (Lipinski definition) is 2. The molecule has 0 spiro atoms. The van der Waals surface area contributed by atoms with Gasteiger partial charge in [0.25, 0.3) is 0 Å². The van der Waals surface area contributed by atoms with Crippen LogP contribution >= 0.6 is 15.9 Å². The number of hydrogen-bond acceptors (Lipinski definition) is 4. The van der Waals surface area contributed by atoms with Gasteiger partial charge in [0.15, 0.2) is 0 Å². The van der Waals surface area contributed by atoms with Gasteiger partial charge in [-0.2, -0.15) is 0 Å². The molecule has 3 unspecified atom stereocenters. The molecule has 1 amide bonds. The van der Waals surface area contributed by atoms with Crippen molar-refractivity contribution in [2.75, 3.05) is 11.9 Å². The van der Waals surface area contributed by atoms with E-state index in [1.54, 1.807) is 18.3 Å². The van der Waals surface area contributed by atoms with Crippen LogP contribution in [-0.4, -0.2) is 29.1 Å². The summed E-state index contributed by atoms with van der Waals surface area (Å²) in [7, 11) is 0.